The third kappa shape index (κ3) is 7.88. The number of nitrogens with one attached hydrogen (secondary N) is 3. The number of aliphatic hydroxyl groups excluding tert-OH is 1. The van der Waals surface area contributed by atoms with E-state index in [0.29, 0.717) is 55.3 Å². The van der Waals surface area contributed by atoms with Crippen molar-refractivity contribution in [3.05, 3.63) is 106 Å². The maximum Gasteiger partial charge on any atom is 0.274 e. The summed E-state index contributed by atoms with van der Waals surface area (Å²) in [5.41, 5.74) is 7.84. The predicted molar refractivity (Wildman–Crippen MR) is 180 cm³/mol. The molecule has 3 heterocycles. The predicted octanol–water partition coefficient (Wildman–Crippen LogP) is 4.22. The van der Waals surface area contributed by atoms with Gasteiger partial charge in [-0.05, 0) is 72.4 Å². The van der Waals surface area contributed by atoms with Crippen molar-refractivity contribution in [3.8, 4) is 17.2 Å². The van der Waals surface area contributed by atoms with Crippen molar-refractivity contribution in [3.63, 3.8) is 0 Å². The molecule has 0 saturated heterocycles. The lowest BCUT2D eigenvalue weighted by Gasteiger charge is -2.28. The molecule has 11 heteroatoms. The van der Waals surface area contributed by atoms with Crippen molar-refractivity contribution >= 4 is 23.2 Å². The fourth-order valence-corrected chi connectivity index (χ4v) is 5.75. The first kappa shape index (κ1) is 33.4. The lowest BCUT2D eigenvalue weighted by molar-refractivity contribution is 0.101. The molecule has 242 valence electrons. The van der Waals surface area contributed by atoms with Gasteiger partial charge in [0.15, 0.2) is 0 Å². The van der Waals surface area contributed by atoms with Crippen LogP contribution in [-0.2, 0) is 24.2 Å². The van der Waals surface area contributed by atoms with E-state index in [9.17, 15) is 20.0 Å². The van der Waals surface area contributed by atoms with Gasteiger partial charge in [-0.15, -0.1) is 0 Å². The second-order valence-electron chi connectivity index (χ2n) is 11.4. The molecule has 1 aliphatic rings. The number of nitriles is 1. The molecule has 2 aromatic heterocycles. The molecule has 47 heavy (non-hydrogen) atoms. The molecule has 4 aromatic rings. The monoisotopic (exact) mass is 633 g/mol. The SMILES string of the molecule is COCCNCc1ccc(C(=O)Nc2cccc(-c3cccc(NC(=O)c4cc(C)c5c(n4)CN(CCO)CC5)c3C#N)c2C)nc1. The number of β-amino-alcohol motifs (C(OH)–C–C–N with tert-alkyl or cyclic N) is 1. The van der Waals surface area contributed by atoms with E-state index in [2.05, 4.69) is 36.9 Å². The number of ether oxygens (including phenoxy) is 1. The maximum atomic E-state index is 13.5. The highest BCUT2D eigenvalue weighted by molar-refractivity contribution is 6.05. The fourth-order valence-electron chi connectivity index (χ4n) is 5.75. The van der Waals surface area contributed by atoms with E-state index in [1.807, 2.05) is 38.1 Å². The van der Waals surface area contributed by atoms with Crippen LogP contribution in [0.4, 0.5) is 11.4 Å². The van der Waals surface area contributed by atoms with Gasteiger partial charge in [0.1, 0.15) is 17.5 Å². The van der Waals surface area contributed by atoms with Crippen LogP contribution in [0.15, 0.2) is 60.8 Å². The number of hydrogen-bond acceptors (Lipinski definition) is 9. The molecular formula is C36H39N7O4. The Hall–Kier alpha value is -4.99. The average molecular weight is 634 g/mol. The summed E-state index contributed by atoms with van der Waals surface area (Å²) < 4.78 is 5.04. The Morgan fingerprint density at radius 2 is 1.77 bits per heavy atom. The van der Waals surface area contributed by atoms with Crippen molar-refractivity contribution < 1.29 is 19.4 Å². The quantitative estimate of drug-likeness (QED) is 0.168. The third-order valence-corrected chi connectivity index (χ3v) is 8.30. The molecule has 5 rings (SSSR count). The summed E-state index contributed by atoms with van der Waals surface area (Å²) in [6, 6.07) is 18.4. The zero-order chi connectivity index (χ0) is 33.3. The summed E-state index contributed by atoms with van der Waals surface area (Å²) in [7, 11) is 1.65. The van der Waals surface area contributed by atoms with Gasteiger partial charge >= 0.3 is 0 Å². The standard InChI is InChI=1S/C36H39N7O4/c1-23-18-33(40-34-22-43(15-16-44)14-12-26(23)34)36(46)42-31-9-5-7-28(29(31)19-37)27-6-4-8-30(24(27)2)41-35(45)32-11-10-25(21-39-32)20-38-13-17-47-3/h4-11,18,21,38,44H,12-17,20,22H2,1-3H3,(H,41,45)(H,42,46). The smallest absolute Gasteiger partial charge is 0.274 e. The van der Waals surface area contributed by atoms with E-state index in [-0.39, 0.29) is 23.9 Å². The summed E-state index contributed by atoms with van der Waals surface area (Å²) in [4.78, 5) is 37.7. The zero-order valence-corrected chi connectivity index (χ0v) is 26.9. The third-order valence-electron chi connectivity index (χ3n) is 8.30. The molecule has 0 radical (unpaired) electrons. The number of carbonyl (C=O) groups is 2. The highest BCUT2D eigenvalue weighted by Crippen LogP contribution is 2.34. The average Bonchev–Trinajstić information content (AvgIpc) is 3.07. The van der Waals surface area contributed by atoms with E-state index in [4.69, 9.17) is 4.74 Å². The molecule has 0 spiro atoms. The van der Waals surface area contributed by atoms with Crippen molar-refractivity contribution in [2.75, 3.05) is 50.6 Å². The van der Waals surface area contributed by atoms with Gasteiger partial charge < -0.3 is 25.8 Å². The lowest BCUT2D eigenvalue weighted by atomic mass is 9.94. The van der Waals surface area contributed by atoms with Gasteiger partial charge in [0.2, 0.25) is 0 Å². The normalized spacial score (nSPS) is 12.7. The Kier molecular flexibility index (Phi) is 11.0. The van der Waals surface area contributed by atoms with Crippen LogP contribution in [0.25, 0.3) is 11.1 Å². The van der Waals surface area contributed by atoms with Crippen LogP contribution in [0.5, 0.6) is 0 Å². The van der Waals surface area contributed by atoms with E-state index in [1.54, 1.807) is 43.6 Å². The highest BCUT2D eigenvalue weighted by Gasteiger charge is 2.23. The molecule has 2 amide bonds. The number of aromatic nitrogens is 2. The maximum absolute atomic E-state index is 13.5. The summed E-state index contributed by atoms with van der Waals surface area (Å²) in [6.45, 7) is 7.82. The first-order valence-corrected chi connectivity index (χ1v) is 15.6. The molecule has 0 fully saturated rings. The van der Waals surface area contributed by atoms with Crippen LogP contribution in [0, 0.1) is 25.2 Å². The Bertz CT molecular complexity index is 1800. The molecule has 0 aliphatic carbocycles. The number of nitrogens with zero attached hydrogens (tertiary/aromatic N) is 4. The Morgan fingerprint density at radius 3 is 2.49 bits per heavy atom. The number of rotatable bonds is 12. The molecule has 2 aromatic carbocycles. The molecule has 0 bridgehead atoms. The summed E-state index contributed by atoms with van der Waals surface area (Å²) in [6.07, 6.45) is 2.48. The van der Waals surface area contributed by atoms with E-state index in [0.717, 1.165) is 46.5 Å². The zero-order valence-electron chi connectivity index (χ0n) is 26.9. The van der Waals surface area contributed by atoms with Gasteiger partial charge in [0, 0.05) is 57.3 Å². The van der Waals surface area contributed by atoms with Crippen molar-refractivity contribution in [2.24, 2.45) is 0 Å². The topological polar surface area (TPSA) is 152 Å². The first-order chi connectivity index (χ1) is 22.8. The Labute approximate surface area is 274 Å². The molecule has 11 nitrogen and oxygen atoms in total. The van der Waals surface area contributed by atoms with Gasteiger partial charge in [-0.3, -0.25) is 19.5 Å². The number of benzene rings is 2. The lowest BCUT2D eigenvalue weighted by Crippen LogP contribution is -2.34. The van der Waals surface area contributed by atoms with Gasteiger partial charge in [0.05, 0.1) is 30.2 Å². The number of pyridine rings is 2. The minimum Gasteiger partial charge on any atom is -0.395 e. The number of methoxy groups -OCH3 is 1. The second kappa shape index (κ2) is 15.5. The molecule has 0 atom stereocenters. The number of aliphatic hydroxyl groups is 1. The van der Waals surface area contributed by atoms with Gasteiger partial charge in [-0.1, -0.05) is 30.3 Å². The largest absolute Gasteiger partial charge is 0.395 e. The van der Waals surface area contributed by atoms with E-state index in [1.165, 1.54) is 0 Å². The number of amides is 2. The Balaban J connectivity index is 1.34. The molecular weight excluding hydrogens is 594 g/mol. The summed E-state index contributed by atoms with van der Waals surface area (Å²) >= 11 is 0. The first-order valence-electron chi connectivity index (χ1n) is 15.6. The molecule has 1 aliphatic heterocycles. The highest BCUT2D eigenvalue weighted by atomic mass is 16.5. The van der Waals surface area contributed by atoms with Gasteiger partial charge in [-0.25, -0.2) is 4.98 Å². The number of aryl methyl sites for hydroxylation is 1. The minimum absolute atomic E-state index is 0.0654. The minimum atomic E-state index is -0.411. The van der Waals surface area contributed by atoms with Gasteiger partial charge in [0.25, 0.3) is 11.8 Å². The number of anilines is 2. The fraction of sp³-hybridized carbons (Fsp3) is 0.306. The van der Waals surface area contributed by atoms with Crippen molar-refractivity contribution in [2.45, 2.75) is 33.4 Å². The number of hydrogen-bond donors (Lipinski definition) is 4. The molecule has 0 saturated carbocycles. The van der Waals surface area contributed by atoms with Crippen LogP contribution in [0.3, 0.4) is 0 Å². The van der Waals surface area contributed by atoms with Gasteiger partial charge in [-0.2, -0.15) is 5.26 Å². The van der Waals surface area contributed by atoms with Crippen LogP contribution < -0.4 is 16.0 Å². The van der Waals surface area contributed by atoms with Crippen LogP contribution >= 0.6 is 0 Å². The summed E-state index contributed by atoms with van der Waals surface area (Å²) in [5.74, 6) is -0.760. The van der Waals surface area contributed by atoms with Crippen LogP contribution in [0.1, 0.15) is 54.5 Å². The Morgan fingerprint density at radius 1 is 1.02 bits per heavy atom. The number of carbonyl (C=O) groups excluding carboxylic acids is 2. The summed E-state index contributed by atoms with van der Waals surface area (Å²) in [5, 5.41) is 28.7. The van der Waals surface area contributed by atoms with Crippen molar-refractivity contribution in [1.29, 1.82) is 5.26 Å². The molecule has 4 N–H and O–H groups in total. The molecule has 0 unspecified atom stereocenters. The van der Waals surface area contributed by atoms with Crippen LogP contribution in [-0.4, -0.2) is 71.7 Å². The second-order valence-corrected chi connectivity index (χ2v) is 11.4. The van der Waals surface area contributed by atoms with E-state index < -0.39 is 5.91 Å². The number of fused-ring (bicyclic) bond motifs is 1. The van der Waals surface area contributed by atoms with Crippen molar-refractivity contribution in [1.82, 2.24) is 20.2 Å². The van der Waals surface area contributed by atoms with Crippen LogP contribution in [0.2, 0.25) is 0 Å². The van der Waals surface area contributed by atoms with E-state index >= 15 is 0 Å².